The molecule has 0 spiro atoms. The van der Waals surface area contributed by atoms with Crippen molar-refractivity contribution in [1.29, 1.82) is 5.26 Å². The Kier molecular flexibility index (Phi) is 3.40. The third-order valence-corrected chi connectivity index (χ3v) is 3.11. The third kappa shape index (κ3) is 3.05. The fraction of sp³-hybridized carbons (Fsp3) is 0.417. The maximum atomic E-state index is 9.08. The molecule has 1 aromatic carbocycles. The summed E-state index contributed by atoms with van der Waals surface area (Å²) in [6.45, 7) is 0.963. The number of hydrogen-bond donors (Lipinski definition) is 1. The molecular weight excluding hydrogens is 252 g/mol. The summed E-state index contributed by atoms with van der Waals surface area (Å²) in [5.41, 5.74) is 1.03. The van der Waals surface area contributed by atoms with E-state index in [0.717, 1.165) is 22.5 Å². The summed E-state index contributed by atoms with van der Waals surface area (Å²) in [6.07, 6.45) is 2.62. The van der Waals surface area contributed by atoms with E-state index < -0.39 is 0 Å². The Hall–Kier alpha value is -0.850. The average molecular weight is 265 g/mol. The Balaban J connectivity index is 2.01. The topological polar surface area (TPSA) is 35.8 Å². The second-order valence-electron chi connectivity index (χ2n) is 3.97. The Morgan fingerprint density at radius 3 is 2.93 bits per heavy atom. The smallest absolute Gasteiger partial charge is 0.121 e. The Labute approximate surface area is 98.4 Å². The van der Waals surface area contributed by atoms with Crippen LogP contribution in [0, 0.1) is 17.2 Å². The molecule has 1 saturated carbocycles. The monoisotopic (exact) mass is 264 g/mol. The summed E-state index contributed by atoms with van der Waals surface area (Å²) in [6, 6.07) is 10.0. The van der Waals surface area contributed by atoms with Crippen LogP contribution in [0.4, 0.5) is 0 Å². The van der Waals surface area contributed by atoms with Crippen molar-refractivity contribution in [2.45, 2.75) is 18.9 Å². The minimum Gasteiger partial charge on any atom is -0.298 e. The van der Waals surface area contributed by atoms with Crippen LogP contribution in [0.25, 0.3) is 0 Å². The molecule has 0 radical (unpaired) electrons. The second-order valence-corrected chi connectivity index (χ2v) is 4.88. The lowest BCUT2D eigenvalue weighted by Gasteiger charge is -2.11. The van der Waals surface area contributed by atoms with Crippen molar-refractivity contribution in [3.05, 3.63) is 34.3 Å². The molecule has 78 valence electrons. The lowest BCUT2D eigenvalue weighted by Crippen LogP contribution is -2.22. The van der Waals surface area contributed by atoms with E-state index >= 15 is 0 Å². The first-order valence-electron chi connectivity index (χ1n) is 5.18. The third-order valence-electron chi connectivity index (χ3n) is 2.62. The van der Waals surface area contributed by atoms with Crippen LogP contribution >= 0.6 is 15.9 Å². The SMILES string of the molecule is N#CC(NCC1CC1)c1cccc(Br)c1. The zero-order valence-corrected chi connectivity index (χ0v) is 10.00. The van der Waals surface area contributed by atoms with Gasteiger partial charge in [-0.05, 0) is 43.0 Å². The number of benzene rings is 1. The van der Waals surface area contributed by atoms with Gasteiger partial charge in [-0.15, -0.1) is 0 Å². The van der Waals surface area contributed by atoms with E-state index in [4.69, 9.17) is 5.26 Å². The van der Waals surface area contributed by atoms with Crippen molar-refractivity contribution in [2.75, 3.05) is 6.54 Å². The van der Waals surface area contributed by atoms with Gasteiger partial charge in [-0.2, -0.15) is 5.26 Å². The van der Waals surface area contributed by atoms with Crippen LogP contribution in [-0.2, 0) is 0 Å². The first kappa shape index (κ1) is 10.7. The highest BCUT2D eigenvalue weighted by atomic mass is 79.9. The highest BCUT2D eigenvalue weighted by Gasteiger charge is 2.22. The van der Waals surface area contributed by atoms with Gasteiger partial charge in [-0.3, -0.25) is 5.32 Å². The summed E-state index contributed by atoms with van der Waals surface area (Å²) in [5, 5.41) is 12.4. The number of rotatable bonds is 4. The first-order valence-corrected chi connectivity index (χ1v) is 5.97. The summed E-state index contributed by atoms with van der Waals surface area (Å²) >= 11 is 3.41. The zero-order valence-electron chi connectivity index (χ0n) is 8.41. The largest absolute Gasteiger partial charge is 0.298 e. The van der Waals surface area contributed by atoms with Gasteiger partial charge >= 0.3 is 0 Å². The molecule has 1 N–H and O–H groups in total. The molecule has 0 heterocycles. The quantitative estimate of drug-likeness (QED) is 0.908. The predicted octanol–water partition coefficient (Wildman–Crippen LogP) is 3.01. The predicted molar refractivity (Wildman–Crippen MR) is 63.2 cm³/mol. The van der Waals surface area contributed by atoms with Gasteiger partial charge in [0.05, 0.1) is 6.07 Å². The maximum absolute atomic E-state index is 9.08. The van der Waals surface area contributed by atoms with E-state index in [1.54, 1.807) is 0 Å². The molecule has 3 heteroatoms. The molecule has 1 fully saturated rings. The van der Waals surface area contributed by atoms with Crippen molar-refractivity contribution in [3.63, 3.8) is 0 Å². The number of hydrogen-bond acceptors (Lipinski definition) is 2. The molecule has 2 nitrogen and oxygen atoms in total. The maximum Gasteiger partial charge on any atom is 0.121 e. The Bertz CT molecular complexity index is 379. The molecule has 1 aromatic rings. The van der Waals surface area contributed by atoms with Gasteiger partial charge < -0.3 is 0 Å². The van der Waals surface area contributed by atoms with E-state index in [-0.39, 0.29) is 6.04 Å². The van der Waals surface area contributed by atoms with Crippen LogP contribution in [0.3, 0.4) is 0 Å². The summed E-state index contributed by atoms with van der Waals surface area (Å²) < 4.78 is 1.02. The van der Waals surface area contributed by atoms with Crippen molar-refractivity contribution >= 4 is 15.9 Å². The molecule has 0 amide bonds. The molecule has 0 saturated heterocycles. The first-order chi connectivity index (χ1) is 7.29. The van der Waals surface area contributed by atoms with Crippen molar-refractivity contribution < 1.29 is 0 Å². The number of halogens is 1. The minimum atomic E-state index is -0.178. The van der Waals surface area contributed by atoms with Gasteiger partial charge in [-0.1, -0.05) is 28.1 Å². The summed E-state index contributed by atoms with van der Waals surface area (Å²) in [4.78, 5) is 0. The van der Waals surface area contributed by atoms with Gasteiger partial charge in [0.1, 0.15) is 6.04 Å². The average Bonchev–Trinajstić information content (AvgIpc) is 3.03. The zero-order chi connectivity index (χ0) is 10.7. The molecule has 15 heavy (non-hydrogen) atoms. The van der Waals surface area contributed by atoms with Gasteiger partial charge in [0.2, 0.25) is 0 Å². The van der Waals surface area contributed by atoms with Crippen molar-refractivity contribution in [2.24, 2.45) is 5.92 Å². The Morgan fingerprint density at radius 1 is 1.53 bits per heavy atom. The highest BCUT2D eigenvalue weighted by Crippen LogP contribution is 2.28. The minimum absolute atomic E-state index is 0.178. The van der Waals surface area contributed by atoms with E-state index in [1.807, 2.05) is 24.3 Å². The van der Waals surface area contributed by atoms with E-state index in [9.17, 15) is 0 Å². The van der Waals surface area contributed by atoms with Crippen LogP contribution in [0.15, 0.2) is 28.7 Å². The number of nitrogens with zero attached hydrogens (tertiary/aromatic N) is 1. The van der Waals surface area contributed by atoms with Gasteiger partial charge in [0.25, 0.3) is 0 Å². The molecule has 0 aromatic heterocycles. The van der Waals surface area contributed by atoms with E-state index in [1.165, 1.54) is 12.8 Å². The van der Waals surface area contributed by atoms with Crippen LogP contribution in [-0.4, -0.2) is 6.54 Å². The van der Waals surface area contributed by atoms with Crippen LogP contribution in [0.1, 0.15) is 24.4 Å². The van der Waals surface area contributed by atoms with E-state index in [0.29, 0.717) is 0 Å². The van der Waals surface area contributed by atoms with Crippen LogP contribution < -0.4 is 5.32 Å². The molecule has 1 aliphatic rings. The van der Waals surface area contributed by atoms with Crippen molar-refractivity contribution in [3.8, 4) is 6.07 Å². The van der Waals surface area contributed by atoms with Crippen LogP contribution in [0.2, 0.25) is 0 Å². The molecule has 1 atom stereocenters. The summed E-state index contributed by atoms with van der Waals surface area (Å²) in [7, 11) is 0. The second kappa shape index (κ2) is 4.78. The highest BCUT2D eigenvalue weighted by molar-refractivity contribution is 9.10. The number of nitrogens with one attached hydrogen (secondary N) is 1. The van der Waals surface area contributed by atoms with Gasteiger partial charge in [0.15, 0.2) is 0 Å². The van der Waals surface area contributed by atoms with Crippen molar-refractivity contribution in [1.82, 2.24) is 5.32 Å². The molecule has 0 aliphatic heterocycles. The summed E-state index contributed by atoms with van der Waals surface area (Å²) in [5.74, 6) is 0.799. The van der Waals surface area contributed by atoms with Crippen LogP contribution in [0.5, 0.6) is 0 Å². The van der Waals surface area contributed by atoms with E-state index in [2.05, 4.69) is 27.3 Å². The molecule has 1 unspecified atom stereocenters. The number of nitriles is 1. The molecule has 1 aliphatic carbocycles. The normalized spacial score (nSPS) is 17.1. The standard InChI is InChI=1S/C12H13BrN2/c13-11-3-1-2-10(6-11)12(7-14)15-8-9-4-5-9/h1-3,6,9,12,15H,4-5,8H2. The van der Waals surface area contributed by atoms with Gasteiger partial charge in [0, 0.05) is 4.47 Å². The molecule has 0 bridgehead atoms. The lowest BCUT2D eigenvalue weighted by molar-refractivity contribution is 0.593. The molecule has 2 rings (SSSR count). The lowest BCUT2D eigenvalue weighted by atomic mass is 10.1. The Morgan fingerprint density at radius 2 is 2.33 bits per heavy atom. The molecular formula is C12H13BrN2. The fourth-order valence-corrected chi connectivity index (χ4v) is 1.95. The van der Waals surface area contributed by atoms with Gasteiger partial charge in [-0.25, -0.2) is 0 Å². The fourth-order valence-electron chi connectivity index (χ4n) is 1.53.